The van der Waals surface area contributed by atoms with E-state index in [-0.39, 0.29) is 5.41 Å². The summed E-state index contributed by atoms with van der Waals surface area (Å²) >= 11 is 0. The number of halogens is 3. The molecule has 0 atom stereocenters. The van der Waals surface area contributed by atoms with Crippen LogP contribution in [0.15, 0.2) is 0 Å². The standard InChI is InChI=1S/C7H10F3NO/c8-7(9,10)12-5-1-6(2-5)3-11-4-6/h5,11H,1-4H2. The molecule has 70 valence electrons. The lowest BCUT2D eigenvalue weighted by Gasteiger charge is -2.53. The molecule has 1 aliphatic heterocycles. The summed E-state index contributed by atoms with van der Waals surface area (Å²) in [7, 11) is 0. The molecule has 0 unspecified atom stereocenters. The van der Waals surface area contributed by atoms with E-state index in [4.69, 9.17) is 0 Å². The molecule has 0 aromatic rings. The number of rotatable bonds is 1. The fourth-order valence-corrected chi connectivity index (χ4v) is 1.95. The molecule has 1 saturated heterocycles. The van der Waals surface area contributed by atoms with Crippen molar-refractivity contribution in [1.29, 1.82) is 0 Å². The zero-order chi connectivity index (χ0) is 8.82. The van der Waals surface area contributed by atoms with Crippen molar-refractivity contribution in [2.75, 3.05) is 13.1 Å². The van der Waals surface area contributed by atoms with Gasteiger partial charge < -0.3 is 5.32 Å². The van der Waals surface area contributed by atoms with Crippen molar-refractivity contribution in [2.24, 2.45) is 5.41 Å². The summed E-state index contributed by atoms with van der Waals surface area (Å²) in [5, 5.41) is 3.05. The Labute approximate surface area is 68.1 Å². The van der Waals surface area contributed by atoms with Crippen molar-refractivity contribution in [3.8, 4) is 0 Å². The summed E-state index contributed by atoms with van der Waals surface area (Å²) in [5.41, 5.74) is 0.149. The van der Waals surface area contributed by atoms with Gasteiger partial charge in [0.05, 0.1) is 6.10 Å². The van der Waals surface area contributed by atoms with Crippen LogP contribution in [0.25, 0.3) is 0 Å². The van der Waals surface area contributed by atoms with Gasteiger partial charge in [0, 0.05) is 18.5 Å². The number of nitrogens with one attached hydrogen (secondary N) is 1. The van der Waals surface area contributed by atoms with E-state index in [1.807, 2.05) is 0 Å². The minimum atomic E-state index is -4.45. The molecule has 2 rings (SSSR count). The van der Waals surface area contributed by atoms with Gasteiger partial charge in [0.15, 0.2) is 0 Å². The Hall–Kier alpha value is -0.290. The van der Waals surface area contributed by atoms with Crippen molar-refractivity contribution >= 4 is 0 Å². The SMILES string of the molecule is FC(F)(F)OC1CC2(CNC2)C1. The van der Waals surface area contributed by atoms with E-state index in [0.717, 1.165) is 13.1 Å². The zero-order valence-corrected chi connectivity index (χ0v) is 6.45. The molecule has 12 heavy (non-hydrogen) atoms. The predicted octanol–water partition coefficient (Wildman–Crippen LogP) is 1.27. The highest BCUT2D eigenvalue weighted by molar-refractivity contribution is 5.03. The topological polar surface area (TPSA) is 21.3 Å². The smallest absolute Gasteiger partial charge is 0.316 e. The molecular formula is C7H10F3NO. The molecule has 0 aromatic heterocycles. The molecule has 1 aliphatic carbocycles. The minimum Gasteiger partial charge on any atom is -0.316 e. The van der Waals surface area contributed by atoms with Crippen molar-refractivity contribution in [3.05, 3.63) is 0 Å². The minimum absolute atomic E-state index is 0.149. The second kappa shape index (κ2) is 2.35. The maximum absolute atomic E-state index is 11.7. The molecule has 0 amide bonds. The first-order valence-electron chi connectivity index (χ1n) is 3.94. The van der Waals surface area contributed by atoms with Crippen LogP contribution in [0, 0.1) is 5.41 Å². The maximum atomic E-state index is 11.7. The maximum Gasteiger partial charge on any atom is 0.522 e. The van der Waals surface area contributed by atoms with E-state index >= 15 is 0 Å². The number of hydrogen-bond acceptors (Lipinski definition) is 2. The van der Waals surface area contributed by atoms with Crippen LogP contribution >= 0.6 is 0 Å². The lowest BCUT2D eigenvalue weighted by molar-refractivity contribution is -0.361. The molecule has 2 aliphatic rings. The van der Waals surface area contributed by atoms with Crippen molar-refractivity contribution in [1.82, 2.24) is 5.32 Å². The number of hydrogen-bond donors (Lipinski definition) is 1. The molecule has 0 bridgehead atoms. The van der Waals surface area contributed by atoms with Gasteiger partial charge >= 0.3 is 6.36 Å². The molecule has 5 heteroatoms. The monoisotopic (exact) mass is 181 g/mol. The first-order chi connectivity index (χ1) is 5.49. The lowest BCUT2D eigenvalue weighted by atomic mass is 9.63. The Bertz CT molecular complexity index is 180. The van der Waals surface area contributed by atoms with E-state index in [2.05, 4.69) is 10.1 Å². The highest BCUT2D eigenvalue weighted by Gasteiger charge is 2.52. The Balaban J connectivity index is 1.74. The zero-order valence-electron chi connectivity index (χ0n) is 6.45. The largest absolute Gasteiger partial charge is 0.522 e. The van der Waals surface area contributed by atoms with Crippen molar-refractivity contribution < 1.29 is 17.9 Å². The van der Waals surface area contributed by atoms with Crippen LogP contribution in [-0.4, -0.2) is 25.6 Å². The summed E-state index contributed by atoms with van der Waals surface area (Å²) in [6.45, 7) is 1.70. The third-order valence-electron chi connectivity index (χ3n) is 2.62. The normalized spacial score (nSPS) is 28.2. The molecule has 2 fully saturated rings. The molecule has 1 N–H and O–H groups in total. The summed E-state index contributed by atoms with van der Waals surface area (Å²) in [6.07, 6.45) is -3.94. The van der Waals surface area contributed by atoms with Gasteiger partial charge in [-0.2, -0.15) is 0 Å². The van der Waals surface area contributed by atoms with Gasteiger partial charge in [0.2, 0.25) is 0 Å². The fraction of sp³-hybridized carbons (Fsp3) is 1.00. The first-order valence-corrected chi connectivity index (χ1v) is 3.94. The summed E-state index contributed by atoms with van der Waals surface area (Å²) in [4.78, 5) is 0. The summed E-state index contributed by atoms with van der Waals surface area (Å²) < 4.78 is 38.9. The van der Waals surface area contributed by atoms with Gasteiger partial charge in [-0.1, -0.05) is 0 Å². The number of alkyl halides is 3. The van der Waals surface area contributed by atoms with E-state index in [0.29, 0.717) is 12.8 Å². The average molecular weight is 181 g/mol. The molecular weight excluding hydrogens is 171 g/mol. The van der Waals surface area contributed by atoms with Gasteiger partial charge in [-0.25, -0.2) is 0 Å². The molecule has 1 saturated carbocycles. The molecule has 2 nitrogen and oxygen atoms in total. The molecule has 0 aromatic carbocycles. The Morgan fingerprint density at radius 1 is 1.25 bits per heavy atom. The van der Waals surface area contributed by atoms with E-state index in [1.165, 1.54) is 0 Å². The van der Waals surface area contributed by atoms with Crippen LogP contribution in [-0.2, 0) is 4.74 Å². The van der Waals surface area contributed by atoms with Gasteiger partial charge in [-0.3, -0.25) is 4.74 Å². The van der Waals surface area contributed by atoms with Crippen LogP contribution in [0.5, 0.6) is 0 Å². The highest BCUT2D eigenvalue weighted by Crippen LogP contribution is 2.47. The Kier molecular flexibility index (Phi) is 1.63. The number of ether oxygens (including phenoxy) is 1. The van der Waals surface area contributed by atoms with Crippen LogP contribution in [0.1, 0.15) is 12.8 Å². The first kappa shape index (κ1) is 8.31. The van der Waals surface area contributed by atoms with Gasteiger partial charge in [0.1, 0.15) is 0 Å². The van der Waals surface area contributed by atoms with Crippen LogP contribution in [0.2, 0.25) is 0 Å². The van der Waals surface area contributed by atoms with Crippen LogP contribution in [0.3, 0.4) is 0 Å². The van der Waals surface area contributed by atoms with Crippen LogP contribution < -0.4 is 5.32 Å². The molecule has 1 heterocycles. The molecule has 0 radical (unpaired) electrons. The Morgan fingerprint density at radius 3 is 2.17 bits per heavy atom. The Morgan fingerprint density at radius 2 is 1.83 bits per heavy atom. The predicted molar refractivity (Wildman–Crippen MR) is 35.5 cm³/mol. The summed E-state index contributed by atoms with van der Waals surface area (Å²) in [6, 6.07) is 0. The quantitative estimate of drug-likeness (QED) is 0.657. The third kappa shape index (κ3) is 1.43. The lowest BCUT2D eigenvalue weighted by Crippen LogP contribution is -2.62. The average Bonchev–Trinajstić information content (AvgIpc) is 1.69. The second-order valence-electron chi connectivity index (χ2n) is 3.70. The van der Waals surface area contributed by atoms with Gasteiger partial charge in [0.25, 0.3) is 0 Å². The van der Waals surface area contributed by atoms with Crippen molar-refractivity contribution in [3.63, 3.8) is 0 Å². The molecule has 1 spiro atoms. The fourth-order valence-electron chi connectivity index (χ4n) is 1.95. The van der Waals surface area contributed by atoms with Crippen LogP contribution in [0.4, 0.5) is 13.2 Å². The van der Waals surface area contributed by atoms with E-state index in [1.54, 1.807) is 0 Å². The third-order valence-corrected chi connectivity index (χ3v) is 2.62. The van der Waals surface area contributed by atoms with Gasteiger partial charge in [-0.15, -0.1) is 13.2 Å². The second-order valence-corrected chi connectivity index (χ2v) is 3.70. The summed E-state index contributed by atoms with van der Waals surface area (Å²) in [5.74, 6) is 0. The van der Waals surface area contributed by atoms with E-state index < -0.39 is 12.5 Å². The highest BCUT2D eigenvalue weighted by atomic mass is 19.4. The van der Waals surface area contributed by atoms with Gasteiger partial charge in [-0.05, 0) is 12.8 Å². The van der Waals surface area contributed by atoms with E-state index in [9.17, 15) is 13.2 Å². The van der Waals surface area contributed by atoms with Crippen molar-refractivity contribution in [2.45, 2.75) is 25.3 Å².